The minimum atomic E-state index is -2.78. The molecule has 0 saturated heterocycles. The number of rotatable bonds is 4. The molecule has 1 amide bonds. The van der Waals surface area contributed by atoms with Crippen LogP contribution in [0.2, 0.25) is 0 Å². The van der Waals surface area contributed by atoms with Gasteiger partial charge in [0.05, 0.1) is 5.69 Å². The smallest absolute Gasteiger partial charge is 0.333 e. The molecule has 0 bridgehead atoms. The first kappa shape index (κ1) is 16.6. The first-order chi connectivity index (χ1) is 12.5. The second-order valence-electron chi connectivity index (χ2n) is 5.91. The Bertz CT molecular complexity index is 969. The molecule has 0 fully saturated rings. The Morgan fingerprint density at radius 3 is 3.04 bits per heavy atom. The molecule has 2 aromatic heterocycles. The molecule has 9 heteroatoms. The van der Waals surface area contributed by atoms with Crippen LogP contribution in [0.25, 0.3) is 11.3 Å². The van der Waals surface area contributed by atoms with E-state index < -0.39 is 12.5 Å². The van der Waals surface area contributed by atoms with Gasteiger partial charge in [0.25, 0.3) is 5.91 Å². The van der Waals surface area contributed by atoms with Crippen LogP contribution in [0.4, 0.5) is 13.9 Å². The van der Waals surface area contributed by atoms with E-state index in [1.54, 1.807) is 0 Å². The molecule has 0 radical (unpaired) electrons. The number of nitrogens with zero attached hydrogens (tertiary/aromatic N) is 3. The van der Waals surface area contributed by atoms with E-state index >= 15 is 0 Å². The molecule has 1 N–H and O–H groups in total. The zero-order valence-electron chi connectivity index (χ0n) is 13.6. The fourth-order valence-corrected chi connectivity index (χ4v) is 3.49. The van der Waals surface area contributed by atoms with Gasteiger partial charge in [-0.15, -0.1) is 11.3 Å². The Hall–Kier alpha value is -2.81. The van der Waals surface area contributed by atoms with Gasteiger partial charge in [0.2, 0.25) is 0 Å². The van der Waals surface area contributed by atoms with Gasteiger partial charge in [-0.2, -0.15) is 13.9 Å². The van der Waals surface area contributed by atoms with E-state index in [0.717, 1.165) is 35.2 Å². The van der Waals surface area contributed by atoms with Gasteiger partial charge in [0, 0.05) is 23.6 Å². The van der Waals surface area contributed by atoms with Crippen molar-refractivity contribution in [3.63, 3.8) is 0 Å². The third kappa shape index (κ3) is 3.17. The number of anilines is 1. The number of ether oxygens (including phenoxy) is 1. The van der Waals surface area contributed by atoms with Crippen LogP contribution in [0.3, 0.4) is 0 Å². The molecule has 0 aliphatic carbocycles. The van der Waals surface area contributed by atoms with Crippen LogP contribution in [0.1, 0.15) is 29.5 Å². The van der Waals surface area contributed by atoms with Gasteiger partial charge in [-0.25, -0.2) is 9.67 Å². The largest absolute Gasteiger partial charge is 0.490 e. The lowest BCUT2D eigenvalue weighted by Gasteiger charge is -2.02. The summed E-state index contributed by atoms with van der Waals surface area (Å²) in [5, 5.41) is 8.32. The van der Waals surface area contributed by atoms with Crippen molar-refractivity contribution in [2.75, 3.05) is 5.32 Å². The number of fused-ring (bicyclic) bond motifs is 1. The lowest BCUT2D eigenvalue weighted by molar-refractivity contribution is 0.0561. The van der Waals surface area contributed by atoms with Crippen LogP contribution in [-0.2, 0) is 6.42 Å². The highest BCUT2D eigenvalue weighted by Crippen LogP contribution is 2.33. The zero-order valence-corrected chi connectivity index (χ0v) is 14.5. The Morgan fingerprint density at radius 2 is 2.27 bits per heavy atom. The number of aromatic nitrogens is 3. The van der Waals surface area contributed by atoms with Gasteiger partial charge >= 0.3 is 6.55 Å². The Labute approximate surface area is 151 Å². The van der Waals surface area contributed by atoms with E-state index in [9.17, 15) is 13.6 Å². The molecule has 0 spiro atoms. The number of alkyl halides is 2. The maximum absolute atomic E-state index is 12.5. The van der Waals surface area contributed by atoms with Crippen molar-refractivity contribution in [3.8, 4) is 17.0 Å². The molecule has 3 heterocycles. The van der Waals surface area contributed by atoms with Crippen molar-refractivity contribution in [3.05, 3.63) is 47.1 Å². The van der Waals surface area contributed by atoms with Crippen LogP contribution in [0.15, 0.2) is 35.8 Å². The van der Waals surface area contributed by atoms with Crippen molar-refractivity contribution in [2.45, 2.75) is 26.0 Å². The number of benzene rings is 1. The standard InChI is InChI=1S/C17H14F2N4O2S/c1-9-6-11-7-10(2-3-14(11)25-9)13-8-26-17(20-13)21-15(24)12-4-5-23(22-12)16(18)19/h2-5,7-9,16H,6H2,1H3,(H,20,21,24)/t9-/m0/s1. The van der Waals surface area contributed by atoms with E-state index in [-0.39, 0.29) is 11.8 Å². The summed E-state index contributed by atoms with van der Waals surface area (Å²) in [7, 11) is 0. The van der Waals surface area contributed by atoms with Gasteiger partial charge < -0.3 is 4.74 Å². The summed E-state index contributed by atoms with van der Waals surface area (Å²) in [6.45, 7) is -0.763. The minimum Gasteiger partial charge on any atom is -0.490 e. The number of amides is 1. The van der Waals surface area contributed by atoms with Gasteiger partial charge in [-0.3, -0.25) is 10.1 Å². The maximum Gasteiger partial charge on any atom is 0.333 e. The summed E-state index contributed by atoms with van der Waals surface area (Å²) in [6.07, 6.45) is 2.07. The SMILES string of the molecule is C[C@H]1Cc2cc(-c3csc(NC(=O)c4ccn(C(F)F)n4)n3)ccc2O1. The summed E-state index contributed by atoms with van der Waals surface area (Å²) < 4.78 is 31.2. The maximum atomic E-state index is 12.5. The summed E-state index contributed by atoms with van der Waals surface area (Å²) in [6, 6.07) is 7.10. The molecule has 26 heavy (non-hydrogen) atoms. The van der Waals surface area contributed by atoms with Gasteiger partial charge in [0.15, 0.2) is 10.8 Å². The number of carbonyl (C=O) groups is 1. The molecule has 1 atom stereocenters. The van der Waals surface area contributed by atoms with Crippen LogP contribution in [0.5, 0.6) is 5.75 Å². The second kappa shape index (κ2) is 6.49. The van der Waals surface area contributed by atoms with E-state index in [0.29, 0.717) is 9.81 Å². The van der Waals surface area contributed by atoms with Gasteiger partial charge in [0.1, 0.15) is 11.9 Å². The number of halogens is 2. The average Bonchev–Trinajstić information content (AvgIpc) is 3.32. The van der Waals surface area contributed by atoms with Gasteiger partial charge in [-0.05, 0) is 36.8 Å². The number of hydrogen-bond donors (Lipinski definition) is 1. The molecule has 1 aromatic carbocycles. The molecule has 0 unspecified atom stereocenters. The predicted octanol–water partition coefficient (Wildman–Crippen LogP) is 3.98. The fourth-order valence-electron chi connectivity index (χ4n) is 2.77. The molecule has 4 rings (SSSR count). The first-order valence-corrected chi connectivity index (χ1v) is 8.77. The molecule has 6 nitrogen and oxygen atoms in total. The highest BCUT2D eigenvalue weighted by atomic mass is 32.1. The Morgan fingerprint density at radius 1 is 1.42 bits per heavy atom. The summed E-state index contributed by atoms with van der Waals surface area (Å²) in [4.78, 5) is 16.5. The molecule has 3 aromatic rings. The van der Waals surface area contributed by atoms with Gasteiger partial charge in [-0.1, -0.05) is 0 Å². The van der Waals surface area contributed by atoms with Crippen molar-refractivity contribution in [1.29, 1.82) is 0 Å². The monoisotopic (exact) mass is 376 g/mol. The molecular weight excluding hydrogens is 362 g/mol. The van der Waals surface area contributed by atoms with E-state index in [2.05, 4.69) is 15.4 Å². The van der Waals surface area contributed by atoms with Crippen LogP contribution >= 0.6 is 11.3 Å². The number of hydrogen-bond acceptors (Lipinski definition) is 5. The number of thiazole rings is 1. The zero-order chi connectivity index (χ0) is 18.3. The van der Waals surface area contributed by atoms with Crippen LogP contribution in [0, 0.1) is 0 Å². The molecule has 0 saturated carbocycles. The van der Waals surface area contributed by atoms with Crippen molar-refractivity contribution >= 4 is 22.4 Å². The highest BCUT2D eigenvalue weighted by molar-refractivity contribution is 7.14. The second-order valence-corrected chi connectivity index (χ2v) is 6.76. The highest BCUT2D eigenvalue weighted by Gasteiger charge is 2.20. The minimum absolute atomic E-state index is 0.0919. The van der Waals surface area contributed by atoms with Crippen molar-refractivity contribution in [2.24, 2.45) is 0 Å². The van der Waals surface area contributed by atoms with Crippen LogP contribution < -0.4 is 10.1 Å². The Kier molecular flexibility index (Phi) is 4.15. The Balaban J connectivity index is 1.49. The fraction of sp³-hybridized carbons (Fsp3) is 0.235. The van der Waals surface area contributed by atoms with Crippen molar-refractivity contribution < 1.29 is 18.3 Å². The summed E-state index contributed by atoms with van der Waals surface area (Å²) in [5.41, 5.74) is 2.70. The van der Waals surface area contributed by atoms with Crippen molar-refractivity contribution in [1.82, 2.24) is 14.8 Å². The quantitative estimate of drug-likeness (QED) is 0.748. The molecular formula is C17H14F2N4O2S. The number of nitrogens with one attached hydrogen (secondary N) is 1. The molecule has 134 valence electrons. The third-order valence-electron chi connectivity index (χ3n) is 3.96. The molecule has 1 aliphatic rings. The third-order valence-corrected chi connectivity index (χ3v) is 4.72. The topological polar surface area (TPSA) is 69.0 Å². The normalized spacial score (nSPS) is 15.8. The molecule has 1 aliphatic heterocycles. The average molecular weight is 376 g/mol. The number of carbonyl (C=O) groups excluding carboxylic acids is 1. The lowest BCUT2D eigenvalue weighted by Crippen LogP contribution is -2.13. The summed E-state index contributed by atoms with van der Waals surface area (Å²) in [5.74, 6) is 0.307. The first-order valence-electron chi connectivity index (χ1n) is 7.90. The van der Waals surface area contributed by atoms with E-state index in [1.165, 1.54) is 17.4 Å². The van der Waals surface area contributed by atoms with E-state index in [1.807, 2.05) is 30.5 Å². The van der Waals surface area contributed by atoms with Crippen LogP contribution in [-0.4, -0.2) is 26.8 Å². The predicted molar refractivity (Wildman–Crippen MR) is 92.8 cm³/mol. The lowest BCUT2D eigenvalue weighted by atomic mass is 10.1. The summed E-state index contributed by atoms with van der Waals surface area (Å²) >= 11 is 1.26. The van der Waals surface area contributed by atoms with E-state index in [4.69, 9.17) is 4.74 Å².